The van der Waals surface area contributed by atoms with Gasteiger partial charge in [-0.15, -0.1) is 0 Å². The van der Waals surface area contributed by atoms with E-state index >= 15 is 0 Å². The molecule has 1 aliphatic rings. The number of rotatable bonds is 13. The molecule has 40 heavy (non-hydrogen) atoms. The monoisotopic (exact) mass is 548 g/mol. The molecule has 2 amide bonds. The number of aryl methyl sites for hydroxylation is 1. The maximum Gasteiger partial charge on any atom is 0.389 e. The number of nitrogens with one attached hydrogen (secondary N) is 2. The number of nitrogens with zero attached hydrogens (tertiary/aromatic N) is 3. The molecular formula is C29H34N5O6+. The van der Waals surface area contributed by atoms with Crippen LogP contribution in [0.1, 0.15) is 44.2 Å². The van der Waals surface area contributed by atoms with Crippen LogP contribution in [0.3, 0.4) is 0 Å². The number of amides is 2. The third-order valence-corrected chi connectivity index (χ3v) is 6.61. The van der Waals surface area contributed by atoms with E-state index in [1.807, 2.05) is 74.5 Å². The van der Waals surface area contributed by atoms with Crippen molar-refractivity contribution in [2.24, 2.45) is 11.1 Å². The van der Waals surface area contributed by atoms with Crippen molar-refractivity contribution in [2.45, 2.75) is 63.6 Å². The Balaban J connectivity index is 1.81. The Morgan fingerprint density at radius 2 is 1.68 bits per heavy atom. The molecule has 0 spiro atoms. The van der Waals surface area contributed by atoms with Crippen LogP contribution in [0.25, 0.3) is 4.98 Å². The molecule has 3 rings (SSSR count). The average Bonchev–Trinajstić information content (AvgIpc) is 3.35. The van der Waals surface area contributed by atoms with Crippen LogP contribution in [0.15, 0.2) is 77.8 Å². The van der Waals surface area contributed by atoms with E-state index in [-0.39, 0.29) is 31.1 Å². The Kier molecular flexibility index (Phi) is 10.4. The van der Waals surface area contributed by atoms with Crippen LogP contribution in [-0.2, 0) is 32.1 Å². The molecule has 0 radical (unpaired) electrons. The Hall–Kier alpha value is -4.72. The fourth-order valence-corrected chi connectivity index (χ4v) is 4.52. The predicted molar refractivity (Wildman–Crippen MR) is 148 cm³/mol. The van der Waals surface area contributed by atoms with Gasteiger partial charge >= 0.3 is 12.2 Å². The van der Waals surface area contributed by atoms with Crippen LogP contribution in [0.2, 0.25) is 0 Å². The number of diazo groups is 1. The highest BCUT2D eigenvalue weighted by molar-refractivity contribution is 6.00. The summed E-state index contributed by atoms with van der Waals surface area (Å²) < 4.78 is 0. The molecule has 0 saturated carbocycles. The fraction of sp³-hybridized carbons (Fsp3) is 0.379. The van der Waals surface area contributed by atoms with Crippen molar-refractivity contribution in [1.82, 2.24) is 10.6 Å². The molecule has 0 saturated heterocycles. The minimum atomic E-state index is -1.58. The van der Waals surface area contributed by atoms with Gasteiger partial charge in [0.05, 0.1) is 18.2 Å². The minimum absolute atomic E-state index is 0.0180. The van der Waals surface area contributed by atoms with E-state index in [9.17, 15) is 24.6 Å². The van der Waals surface area contributed by atoms with Crippen molar-refractivity contribution in [3.8, 4) is 0 Å². The number of carboxylic acid groups (broad SMARTS) is 1. The van der Waals surface area contributed by atoms with Gasteiger partial charge in [0, 0.05) is 19.3 Å². The highest BCUT2D eigenvalue weighted by atomic mass is 16.7. The molecule has 0 fully saturated rings. The lowest BCUT2D eigenvalue weighted by molar-refractivity contribution is -0.145. The Bertz CT molecular complexity index is 1290. The van der Waals surface area contributed by atoms with Gasteiger partial charge in [-0.2, -0.15) is 0 Å². The number of hydrogen-bond acceptors (Lipinski definition) is 7. The molecule has 3 atom stereocenters. The predicted octanol–water partition coefficient (Wildman–Crippen LogP) is 3.73. The topological polar surface area (TPSA) is 165 Å². The summed E-state index contributed by atoms with van der Waals surface area (Å²) >= 11 is 0. The second kappa shape index (κ2) is 13.9. The second-order valence-corrected chi connectivity index (χ2v) is 10.1. The molecule has 0 aliphatic carbocycles. The molecule has 11 nitrogen and oxygen atoms in total. The zero-order chi connectivity index (χ0) is 29.1. The van der Waals surface area contributed by atoms with Crippen LogP contribution < -0.4 is 10.6 Å². The van der Waals surface area contributed by atoms with Crippen LogP contribution in [0, 0.1) is 11.3 Å². The van der Waals surface area contributed by atoms with Crippen molar-refractivity contribution in [3.63, 3.8) is 0 Å². The molecular weight excluding hydrogens is 514 g/mol. The van der Waals surface area contributed by atoms with E-state index in [1.54, 1.807) is 0 Å². The minimum Gasteiger partial charge on any atom is -0.504 e. The molecule has 4 N–H and O–H groups in total. The Labute approximate surface area is 232 Å². The lowest BCUT2D eigenvalue weighted by Gasteiger charge is -2.28. The van der Waals surface area contributed by atoms with E-state index in [1.165, 1.54) is 0 Å². The van der Waals surface area contributed by atoms with E-state index in [4.69, 9.17) is 10.2 Å². The third kappa shape index (κ3) is 8.14. The first kappa shape index (κ1) is 29.8. The zero-order valence-corrected chi connectivity index (χ0v) is 22.5. The number of aliphatic hydroxyl groups excluding tert-OH is 1. The SMILES string of the molecule is CC(C)[C@H](NC(=O)CCc1ccccc1)C1=NOC(Cc2ccccc2)(C(=O)N[C@@H](CC(=O)O)/C(O)=C/[N+]#N)C1. The molecule has 2 aromatic carbocycles. The van der Waals surface area contributed by atoms with Crippen molar-refractivity contribution in [2.75, 3.05) is 0 Å². The van der Waals surface area contributed by atoms with Gasteiger partial charge in [0.25, 0.3) is 5.91 Å². The molecule has 0 bridgehead atoms. The summed E-state index contributed by atoms with van der Waals surface area (Å²) in [6.45, 7) is 3.85. The maximum absolute atomic E-state index is 13.7. The maximum atomic E-state index is 13.7. The van der Waals surface area contributed by atoms with Crippen LogP contribution in [0.5, 0.6) is 0 Å². The van der Waals surface area contributed by atoms with E-state index in [2.05, 4.69) is 20.8 Å². The lowest BCUT2D eigenvalue weighted by Crippen LogP contribution is -2.54. The van der Waals surface area contributed by atoms with Crippen molar-refractivity contribution < 1.29 is 29.4 Å². The van der Waals surface area contributed by atoms with E-state index in [0.717, 1.165) is 11.1 Å². The lowest BCUT2D eigenvalue weighted by atomic mass is 9.84. The van der Waals surface area contributed by atoms with E-state index in [0.29, 0.717) is 18.3 Å². The van der Waals surface area contributed by atoms with Gasteiger partial charge in [0.2, 0.25) is 22.7 Å². The summed E-state index contributed by atoms with van der Waals surface area (Å²) in [4.78, 5) is 46.4. The fourth-order valence-electron chi connectivity index (χ4n) is 4.52. The number of hydrogen-bond donors (Lipinski definition) is 4. The average molecular weight is 549 g/mol. The van der Waals surface area contributed by atoms with Crippen molar-refractivity contribution >= 4 is 23.5 Å². The summed E-state index contributed by atoms with van der Waals surface area (Å²) in [7, 11) is 0. The van der Waals surface area contributed by atoms with Gasteiger partial charge in [-0.05, 0) is 23.5 Å². The number of carboxylic acids is 1. The number of aliphatic carboxylic acids is 1. The summed E-state index contributed by atoms with van der Waals surface area (Å²) in [5, 5.41) is 38.0. The summed E-state index contributed by atoms with van der Waals surface area (Å²) in [6, 6.07) is 16.9. The van der Waals surface area contributed by atoms with Gasteiger partial charge in [0.15, 0.2) is 4.98 Å². The smallest absolute Gasteiger partial charge is 0.389 e. The number of benzene rings is 2. The van der Waals surface area contributed by atoms with Gasteiger partial charge in [-0.25, -0.2) is 0 Å². The van der Waals surface area contributed by atoms with Gasteiger partial charge in [-0.1, -0.05) is 79.7 Å². The standard InChI is InChI=1S/C29H33N5O6/c1-19(2)27(33-25(36)14-13-20-9-5-3-6-10-20)23-17-29(40-34-23,16-21-11-7-4-8-12-21)28(39)32-22(15-26(37)38)24(35)18-31-30/h3-12,18-19,22,27H,13-17H2,1-2H3,(H3-,32,33,35,36,37,38,39)/p+1/b24-18-/t22-,27-,29?/m0/s1. The second-order valence-electron chi connectivity index (χ2n) is 10.1. The third-order valence-electron chi connectivity index (χ3n) is 6.61. The summed E-state index contributed by atoms with van der Waals surface area (Å²) in [5.41, 5.74) is 0.698. The van der Waals surface area contributed by atoms with E-state index < -0.39 is 41.7 Å². The first-order chi connectivity index (χ1) is 19.1. The molecule has 0 aromatic heterocycles. The van der Waals surface area contributed by atoms with Crippen LogP contribution in [-0.4, -0.2) is 51.4 Å². The first-order valence-corrected chi connectivity index (χ1v) is 13.0. The summed E-state index contributed by atoms with van der Waals surface area (Å²) in [6.07, 6.45) is 0.941. The molecule has 2 aromatic rings. The highest BCUT2D eigenvalue weighted by Crippen LogP contribution is 2.31. The quantitative estimate of drug-likeness (QED) is 0.219. The zero-order valence-electron chi connectivity index (χ0n) is 22.5. The van der Waals surface area contributed by atoms with Gasteiger partial charge < -0.3 is 25.7 Å². The normalized spacial score (nSPS) is 18.1. The first-order valence-electron chi connectivity index (χ1n) is 13.0. The van der Waals surface area contributed by atoms with Crippen LogP contribution in [0.4, 0.5) is 0 Å². The van der Waals surface area contributed by atoms with Crippen LogP contribution >= 0.6 is 0 Å². The number of oxime groups is 1. The van der Waals surface area contributed by atoms with Gasteiger partial charge in [-0.3, -0.25) is 14.4 Å². The highest BCUT2D eigenvalue weighted by Gasteiger charge is 2.49. The number of carbonyl (C=O) groups excluding carboxylic acids is 2. The molecule has 1 heterocycles. The molecule has 210 valence electrons. The number of carbonyl (C=O) groups is 3. The largest absolute Gasteiger partial charge is 0.504 e. The van der Waals surface area contributed by atoms with Gasteiger partial charge in [0.1, 0.15) is 6.04 Å². The summed E-state index contributed by atoms with van der Waals surface area (Å²) in [5.74, 6) is -2.88. The Morgan fingerprint density at radius 3 is 2.25 bits per heavy atom. The molecule has 11 heteroatoms. The Morgan fingerprint density at radius 1 is 1.05 bits per heavy atom. The molecule has 1 unspecified atom stereocenters. The van der Waals surface area contributed by atoms with Crippen molar-refractivity contribution in [1.29, 1.82) is 5.39 Å². The molecule has 1 aliphatic heterocycles. The number of aliphatic hydroxyl groups is 1. The van der Waals surface area contributed by atoms with Crippen molar-refractivity contribution in [3.05, 3.63) is 88.7 Å².